The molecule has 1 fully saturated rings. The van der Waals surface area contributed by atoms with E-state index < -0.39 is 59.4 Å². The highest BCUT2D eigenvalue weighted by atomic mass is 16.7. The smallest absolute Gasteiger partial charge is 0.407 e. The maximum absolute atomic E-state index is 13.4. The summed E-state index contributed by atoms with van der Waals surface area (Å²) >= 11 is 0. The van der Waals surface area contributed by atoms with Crippen molar-refractivity contribution in [3.8, 4) is 28.7 Å². The summed E-state index contributed by atoms with van der Waals surface area (Å²) in [6.07, 6.45) is 2.54. The van der Waals surface area contributed by atoms with E-state index in [1.165, 1.54) is 32.1 Å². The van der Waals surface area contributed by atoms with Crippen LogP contribution in [0.1, 0.15) is 40.4 Å². The van der Waals surface area contributed by atoms with Crippen LogP contribution >= 0.6 is 0 Å². The summed E-state index contributed by atoms with van der Waals surface area (Å²) in [5.74, 6) is 0.177. The van der Waals surface area contributed by atoms with Crippen molar-refractivity contribution in [2.24, 2.45) is 11.8 Å². The van der Waals surface area contributed by atoms with Gasteiger partial charge in [-0.1, -0.05) is 6.08 Å². The molecule has 4 heterocycles. The molecule has 3 aromatic rings. The van der Waals surface area contributed by atoms with Gasteiger partial charge in [0, 0.05) is 23.6 Å². The Labute approximate surface area is 273 Å². The number of nitrogens with zero attached hydrogens (tertiary/aromatic N) is 1. The van der Waals surface area contributed by atoms with Crippen molar-refractivity contribution in [1.82, 2.24) is 14.9 Å². The van der Waals surface area contributed by atoms with Gasteiger partial charge in [0.25, 0.3) is 5.56 Å². The molecule has 0 bridgehead atoms. The first-order chi connectivity index (χ1) is 23.2. The van der Waals surface area contributed by atoms with Crippen LogP contribution in [0.4, 0.5) is 4.79 Å². The number of fused-ring (bicyclic) bond motifs is 3. The van der Waals surface area contributed by atoms with Crippen molar-refractivity contribution in [2.45, 2.75) is 31.2 Å². The fourth-order valence-electron chi connectivity index (χ4n) is 6.87. The number of rotatable bonds is 8. The Morgan fingerprint density at radius 1 is 0.958 bits per heavy atom. The van der Waals surface area contributed by atoms with E-state index in [1.807, 2.05) is 12.1 Å². The summed E-state index contributed by atoms with van der Waals surface area (Å²) < 4.78 is 46.4. The van der Waals surface area contributed by atoms with E-state index in [2.05, 4.69) is 10.3 Å². The summed E-state index contributed by atoms with van der Waals surface area (Å²) in [5, 5.41) is 2.95. The molecule has 2 N–H and O–H groups in total. The molecule has 1 saturated heterocycles. The van der Waals surface area contributed by atoms with E-state index >= 15 is 0 Å². The molecule has 15 heteroatoms. The van der Waals surface area contributed by atoms with Gasteiger partial charge in [0.15, 0.2) is 29.2 Å². The van der Waals surface area contributed by atoms with Gasteiger partial charge < -0.3 is 43.2 Å². The number of hydrogen-bond donors (Lipinski definition) is 2. The van der Waals surface area contributed by atoms with E-state index in [4.69, 9.17) is 37.9 Å². The number of aromatic amines is 1. The topological polar surface area (TPSA) is 175 Å². The zero-order valence-corrected chi connectivity index (χ0v) is 26.5. The SMILES string of the molecule is COc1cc([C@@H]2c3cc4c(cc3[C@@H](NC(=O)OC[C@@H]3C=C[C@H](n5cc(C)c(=O)[nH]c5=O)O3)[C@H]3COC(=O)[C@H]23)OCO4)cc(OC)c1OC. The minimum absolute atomic E-state index is 0.0305. The van der Waals surface area contributed by atoms with Gasteiger partial charge in [0.2, 0.25) is 12.5 Å². The lowest BCUT2D eigenvalue weighted by atomic mass is 9.65. The zero-order valence-electron chi connectivity index (χ0n) is 26.5. The highest BCUT2D eigenvalue weighted by Crippen LogP contribution is 2.55. The number of benzene rings is 2. The Kier molecular flexibility index (Phi) is 7.99. The van der Waals surface area contributed by atoms with Gasteiger partial charge in [-0.2, -0.15) is 0 Å². The van der Waals surface area contributed by atoms with Crippen molar-refractivity contribution >= 4 is 12.1 Å². The van der Waals surface area contributed by atoms with Crippen molar-refractivity contribution in [2.75, 3.05) is 41.3 Å². The van der Waals surface area contributed by atoms with Gasteiger partial charge in [-0.15, -0.1) is 0 Å². The number of H-pyrrole nitrogens is 1. The van der Waals surface area contributed by atoms with Gasteiger partial charge in [0.1, 0.15) is 12.7 Å². The Morgan fingerprint density at radius 3 is 2.35 bits per heavy atom. The van der Waals surface area contributed by atoms with E-state index in [-0.39, 0.29) is 20.0 Å². The van der Waals surface area contributed by atoms with Gasteiger partial charge >= 0.3 is 17.8 Å². The van der Waals surface area contributed by atoms with Gasteiger partial charge in [-0.05, 0) is 54.0 Å². The number of ether oxygens (including phenoxy) is 8. The molecule has 0 spiro atoms. The van der Waals surface area contributed by atoms with E-state index in [0.717, 1.165) is 11.1 Å². The number of alkyl carbamates (subject to hydrolysis) is 1. The second-order valence-electron chi connectivity index (χ2n) is 11.7. The minimum Gasteiger partial charge on any atom is -0.493 e. The average Bonchev–Trinajstić information content (AvgIpc) is 3.84. The first-order valence-electron chi connectivity index (χ1n) is 15.2. The van der Waals surface area contributed by atoms with Crippen molar-refractivity contribution in [1.29, 1.82) is 0 Å². The van der Waals surface area contributed by atoms with Crippen LogP contribution in [0.5, 0.6) is 28.7 Å². The standard InChI is InChI=1S/C33H33N3O12/c1-15-11-36(32(39)35-30(15)37)25-6-5-17(48-25)12-45-33(40)34-28-19-10-22-21(46-14-47-22)9-18(19)26(27-20(28)13-44-31(27)38)16-7-23(41-2)29(43-4)24(8-16)42-3/h5-11,17,20,25-28H,12-14H2,1-4H3,(H,34,40)(H,35,37,39)/t17-,20-,25+,26+,27-,28+/m0/s1. The lowest BCUT2D eigenvalue weighted by Gasteiger charge is -2.39. The first-order valence-corrected chi connectivity index (χ1v) is 15.2. The van der Waals surface area contributed by atoms with Gasteiger partial charge in [-0.25, -0.2) is 9.59 Å². The van der Waals surface area contributed by atoms with Crippen LogP contribution in [0.15, 0.2) is 52.2 Å². The second-order valence-corrected chi connectivity index (χ2v) is 11.7. The summed E-state index contributed by atoms with van der Waals surface area (Å²) in [7, 11) is 4.55. The number of hydrogen-bond acceptors (Lipinski definition) is 12. The number of carbonyl (C=O) groups excluding carboxylic acids is 2. The Morgan fingerprint density at radius 2 is 1.67 bits per heavy atom. The lowest BCUT2D eigenvalue weighted by molar-refractivity contribution is -0.141. The van der Waals surface area contributed by atoms with Crippen molar-refractivity contribution in [3.05, 3.63) is 85.7 Å². The zero-order chi connectivity index (χ0) is 33.7. The summed E-state index contributed by atoms with van der Waals surface area (Å²) in [6.45, 7) is 1.51. The van der Waals surface area contributed by atoms with Gasteiger partial charge in [0.05, 0.1) is 39.9 Å². The van der Waals surface area contributed by atoms with Crippen LogP contribution in [-0.4, -0.2) is 69.1 Å². The average molecular weight is 664 g/mol. The molecule has 1 aliphatic carbocycles. The molecule has 7 rings (SSSR count). The van der Waals surface area contributed by atoms with E-state index in [1.54, 1.807) is 31.2 Å². The number of nitrogens with one attached hydrogen (secondary N) is 2. The summed E-state index contributed by atoms with van der Waals surface area (Å²) in [5.41, 5.74) is 1.40. The van der Waals surface area contributed by atoms with Crippen LogP contribution in [0.25, 0.3) is 0 Å². The number of aromatic nitrogens is 2. The second kappa shape index (κ2) is 12.3. The molecule has 3 aliphatic heterocycles. The fourth-order valence-corrected chi connectivity index (χ4v) is 6.87. The van der Waals surface area contributed by atoms with Gasteiger partial charge in [-0.3, -0.25) is 19.1 Å². The van der Waals surface area contributed by atoms with E-state index in [0.29, 0.717) is 39.9 Å². The van der Waals surface area contributed by atoms with Crippen LogP contribution in [0.2, 0.25) is 0 Å². The van der Waals surface area contributed by atoms with Crippen LogP contribution < -0.4 is 40.3 Å². The van der Waals surface area contributed by atoms with E-state index in [9.17, 15) is 19.2 Å². The molecule has 1 amide bonds. The highest BCUT2D eigenvalue weighted by Gasteiger charge is 2.53. The fraction of sp³-hybridized carbons (Fsp3) is 0.394. The maximum atomic E-state index is 13.4. The Balaban J connectivity index is 1.16. The first kappa shape index (κ1) is 31.2. The van der Waals surface area contributed by atoms with Crippen LogP contribution in [0.3, 0.4) is 0 Å². The number of carbonyl (C=O) groups is 2. The Hall–Kier alpha value is -5.44. The predicted molar refractivity (Wildman–Crippen MR) is 165 cm³/mol. The third kappa shape index (κ3) is 5.29. The van der Waals surface area contributed by atoms with Crippen LogP contribution in [0, 0.1) is 18.8 Å². The van der Waals surface area contributed by atoms with Crippen LogP contribution in [-0.2, 0) is 19.0 Å². The molecule has 2 aromatic carbocycles. The lowest BCUT2D eigenvalue weighted by Crippen LogP contribution is -2.43. The van der Waals surface area contributed by atoms with Crippen molar-refractivity contribution in [3.63, 3.8) is 0 Å². The molecule has 252 valence electrons. The maximum Gasteiger partial charge on any atom is 0.407 e. The molecule has 4 aliphatic rings. The minimum atomic E-state index is -0.784. The molecule has 48 heavy (non-hydrogen) atoms. The number of cyclic esters (lactones) is 1. The quantitative estimate of drug-likeness (QED) is 0.267. The molecule has 6 atom stereocenters. The molecule has 0 saturated carbocycles. The van der Waals surface area contributed by atoms with Crippen molar-refractivity contribution < 1.29 is 47.5 Å². The molecule has 0 unspecified atom stereocenters. The highest BCUT2D eigenvalue weighted by molar-refractivity contribution is 5.80. The predicted octanol–water partition coefficient (Wildman–Crippen LogP) is 2.46. The number of amides is 1. The third-order valence-electron chi connectivity index (χ3n) is 9.11. The molecule has 0 radical (unpaired) electrons. The normalized spacial score (nSPS) is 24.8. The number of methoxy groups -OCH3 is 3. The molecule has 1 aromatic heterocycles. The molecular formula is C33H33N3O12. The summed E-state index contributed by atoms with van der Waals surface area (Å²) in [4.78, 5) is 53.0. The number of esters is 1. The monoisotopic (exact) mass is 663 g/mol. The molecule has 15 nitrogen and oxygen atoms in total. The Bertz CT molecular complexity index is 1910. The third-order valence-corrected chi connectivity index (χ3v) is 9.11. The molecular weight excluding hydrogens is 630 g/mol. The largest absolute Gasteiger partial charge is 0.493 e. The number of aryl methyl sites for hydroxylation is 1. The summed E-state index contributed by atoms with van der Waals surface area (Å²) in [6, 6.07) is 6.55.